The van der Waals surface area contributed by atoms with Gasteiger partial charge >= 0.3 is 0 Å². The Kier molecular flexibility index (Phi) is 4.94. The van der Waals surface area contributed by atoms with E-state index < -0.39 is 11.6 Å². The fourth-order valence-electron chi connectivity index (χ4n) is 2.14. The Morgan fingerprint density at radius 3 is 2.70 bits per heavy atom. The van der Waals surface area contributed by atoms with Gasteiger partial charge < -0.3 is 15.2 Å². The van der Waals surface area contributed by atoms with Crippen molar-refractivity contribution in [3.05, 3.63) is 29.8 Å². The molecule has 1 saturated carbocycles. The second kappa shape index (κ2) is 6.50. The van der Waals surface area contributed by atoms with Gasteiger partial charge in [0.05, 0.1) is 13.2 Å². The maximum atomic E-state index is 13.0. The molecule has 20 heavy (non-hydrogen) atoms. The van der Waals surface area contributed by atoms with E-state index in [0.29, 0.717) is 18.4 Å². The average Bonchev–Trinajstić information content (AvgIpc) is 3.22. The van der Waals surface area contributed by atoms with Crippen LogP contribution in [0.3, 0.4) is 0 Å². The van der Waals surface area contributed by atoms with Gasteiger partial charge in [0.15, 0.2) is 11.6 Å². The van der Waals surface area contributed by atoms with Crippen LogP contribution >= 0.6 is 0 Å². The molecule has 1 aliphatic carbocycles. The van der Waals surface area contributed by atoms with Crippen molar-refractivity contribution in [1.29, 1.82) is 0 Å². The lowest BCUT2D eigenvalue weighted by atomic mass is 9.97. The summed E-state index contributed by atoms with van der Waals surface area (Å²) in [5.41, 5.74) is -0.293. The Morgan fingerprint density at radius 2 is 2.10 bits per heavy atom. The maximum absolute atomic E-state index is 13.0. The molecule has 0 amide bonds. The molecular weight excluding hydrogens is 264 g/mol. The molecule has 112 valence electrons. The number of benzene rings is 1. The lowest BCUT2D eigenvalue weighted by Gasteiger charge is -2.29. The highest BCUT2D eigenvalue weighted by atomic mass is 19.2. The summed E-state index contributed by atoms with van der Waals surface area (Å²) < 4.78 is 31.1. The van der Waals surface area contributed by atoms with Crippen LogP contribution in [0.15, 0.2) is 18.2 Å². The standard InChI is InChI=1S/C15H21F2NO2/c1-15(10-19,18-11-3-4-11)7-2-8-20-12-5-6-13(16)14(17)9-12/h5-6,9,11,18-19H,2-4,7-8,10H2,1H3. The van der Waals surface area contributed by atoms with Gasteiger partial charge in [-0.2, -0.15) is 0 Å². The zero-order valence-electron chi connectivity index (χ0n) is 11.7. The van der Waals surface area contributed by atoms with Gasteiger partial charge in [0.1, 0.15) is 5.75 Å². The number of hydrogen-bond donors (Lipinski definition) is 2. The van der Waals surface area contributed by atoms with Crippen LogP contribution in [0, 0.1) is 11.6 Å². The second-order valence-electron chi connectivity index (χ2n) is 5.67. The first-order valence-corrected chi connectivity index (χ1v) is 6.99. The number of rotatable bonds is 8. The van der Waals surface area contributed by atoms with E-state index in [9.17, 15) is 13.9 Å². The minimum absolute atomic E-state index is 0.0781. The normalized spacial score (nSPS) is 17.8. The quantitative estimate of drug-likeness (QED) is 0.721. The molecule has 0 radical (unpaired) electrons. The third kappa shape index (κ3) is 4.42. The molecule has 5 heteroatoms. The molecule has 1 fully saturated rings. The third-order valence-electron chi connectivity index (χ3n) is 3.51. The van der Waals surface area contributed by atoms with Crippen LogP contribution in [0.5, 0.6) is 5.75 Å². The molecule has 0 aliphatic heterocycles. The Labute approximate surface area is 117 Å². The van der Waals surface area contributed by atoms with E-state index >= 15 is 0 Å². The van der Waals surface area contributed by atoms with Crippen molar-refractivity contribution in [2.45, 2.75) is 44.2 Å². The van der Waals surface area contributed by atoms with E-state index in [4.69, 9.17) is 4.74 Å². The Morgan fingerprint density at radius 1 is 1.35 bits per heavy atom. The van der Waals surface area contributed by atoms with Gasteiger partial charge in [0, 0.05) is 17.6 Å². The zero-order valence-corrected chi connectivity index (χ0v) is 11.7. The first-order chi connectivity index (χ1) is 9.52. The molecule has 1 aromatic rings. The molecule has 1 aromatic carbocycles. The van der Waals surface area contributed by atoms with Crippen LogP contribution < -0.4 is 10.1 Å². The summed E-state index contributed by atoms with van der Waals surface area (Å²) in [5.74, 6) is -1.46. The minimum Gasteiger partial charge on any atom is -0.493 e. The van der Waals surface area contributed by atoms with Crippen molar-refractivity contribution in [3.8, 4) is 5.75 Å². The number of ether oxygens (including phenoxy) is 1. The van der Waals surface area contributed by atoms with E-state index in [0.717, 1.165) is 25.0 Å². The van der Waals surface area contributed by atoms with E-state index in [-0.39, 0.29) is 12.1 Å². The van der Waals surface area contributed by atoms with Gasteiger partial charge in [-0.05, 0) is 44.7 Å². The topological polar surface area (TPSA) is 41.5 Å². The van der Waals surface area contributed by atoms with Crippen LogP contribution in [0.25, 0.3) is 0 Å². The molecule has 1 aliphatic rings. The fourth-order valence-corrected chi connectivity index (χ4v) is 2.14. The second-order valence-corrected chi connectivity index (χ2v) is 5.67. The molecule has 1 atom stereocenters. The van der Waals surface area contributed by atoms with Crippen LogP contribution in [0.1, 0.15) is 32.6 Å². The summed E-state index contributed by atoms with van der Waals surface area (Å²) >= 11 is 0. The SMILES string of the molecule is CC(CO)(CCCOc1ccc(F)c(F)c1)NC1CC1. The van der Waals surface area contributed by atoms with Crippen molar-refractivity contribution in [2.75, 3.05) is 13.2 Å². The first-order valence-electron chi connectivity index (χ1n) is 6.99. The molecule has 0 aromatic heterocycles. The number of aliphatic hydroxyl groups is 1. The lowest BCUT2D eigenvalue weighted by Crippen LogP contribution is -2.47. The van der Waals surface area contributed by atoms with Gasteiger partial charge in [-0.25, -0.2) is 8.78 Å². The van der Waals surface area contributed by atoms with Crippen LogP contribution in [-0.2, 0) is 0 Å². The van der Waals surface area contributed by atoms with Crippen LogP contribution in [0.4, 0.5) is 8.78 Å². The van der Waals surface area contributed by atoms with E-state index in [1.165, 1.54) is 18.9 Å². The molecule has 0 heterocycles. The zero-order chi connectivity index (χ0) is 14.6. The van der Waals surface area contributed by atoms with Crippen molar-refractivity contribution < 1.29 is 18.6 Å². The molecule has 3 nitrogen and oxygen atoms in total. The molecule has 0 bridgehead atoms. The maximum Gasteiger partial charge on any atom is 0.162 e. The number of halogens is 2. The summed E-state index contributed by atoms with van der Waals surface area (Å²) in [6.45, 7) is 2.48. The van der Waals surface area contributed by atoms with Gasteiger partial charge in [0.25, 0.3) is 0 Å². The lowest BCUT2D eigenvalue weighted by molar-refractivity contribution is 0.154. The Hall–Kier alpha value is -1.20. The van der Waals surface area contributed by atoms with Crippen molar-refractivity contribution in [3.63, 3.8) is 0 Å². The van der Waals surface area contributed by atoms with E-state index in [2.05, 4.69) is 5.32 Å². The van der Waals surface area contributed by atoms with Crippen LogP contribution in [-0.4, -0.2) is 29.9 Å². The third-order valence-corrected chi connectivity index (χ3v) is 3.51. The van der Waals surface area contributed by atoms with Gasteiger partial charge in [-0.3, -0.25) is 0 Å². The highest BCUT2D eigenvalue weighted by Crippen LogP contribution is 2.24. The average molecular weight is 285 g/mol. The molecular formula is C15H21F2NO2. The highest BCUT2D eigenvalue weighted by Gasteiger charge is 2.31. The molecule has 1 unspecified atom stereocenters. The molecule has 2 rings (SSSR count). The summed E-state index contributed by atoms with van der Waals surface area (Å²) in [4.78, 5) is 0. The van der Waals surface area contributed by atoms with Gasteiger partial charge in [0.2, 0.25) is 0 Å². The number of aliphatic hydroxyl groups excluding tert-OH is 1. The molecule has 0 spiro atoms. The predicted octanol–water partition coefficient (Wildman–Crippen LogP) is 2.63. The fraction of sp³-hybridized carbons (Fsp3) is 0.600. The summed E-state index contributed by atoms with van der Waals surface area (Å²) in [6.07, 6.45) is 3.83. The number of nitrogens with one attached hydrogen (secondary N) is 1. The summed E-state index contributed by atoms with van der Waals surface area (Å²) in [5, 5.41) is 12.9. The largest absolute Gasteiger partial charge is 0.493 e. The van der Waals surface area contributed by atoms with Gasteiger partial charge in [-0.15, -0.1) is 0 Å². The van der Waals surface area contributed by atoms with Crippen molar-refractivity contribution in [1.82, 2.24) is 5.32 Å². The summed E-state index contributed by atoms with van der Waals surface area (Å²) in [6, 6.07) is 4.03. The van der Waals surface area contributed by atoms with Crippen molar-refractivity contribution in [2.24, 2.45) is 0 Å². The van der Waals surface area contributed by atoms with Crippen LogP contribution in [0.2, 0.25) is 0 Å². The van der Waals surface area contributed by atoms with E-state index in [1.54, 1.807) is 0 Å². The smallest absolute Gasteiger partial charge is 0.162 e. The van der Waals surface area contributed by atoms with Gasteiger partial charge in [-0.1, -0.05) is 0 Å². The Balaban J connectivity index is 1.73. The number of hydrogen-bond acceptors (Lipinski definition) is 3. The predicted molar refractivity (Wildman–Crippen MR) is 72.7 cm³/mol. The minimum atomic E-state index is -0.905. The van der Waals surface area contributed by atoms with E-state index in [1.807, 2.05) is 6.92 Å². The monoisotopic (exact) mass is 285 g/mol. The van der Waals surface area contributed by atoms with Crippen molar-refractivity contribution >= 4 is 0 Å². The molecule has 2 N–H and O–H groups in total. The highest BCUT2D eigenvalue weighted by molar-refractivity contribution is 5.23. The Bertz CT molecular complexity index is 451. The summed E-state index contributed by atoms with van der Waals surface area (Å²) in [7, 11) is 0. The molecule has 0 saturated heterocycles. The first kappa shape index (κ1) is 15.2.